The molecule has 0 spiro atoms. The maximum absolute atomic E-state index is 11.2. The fraction of sp³-hybridized carbons (Fsp3) is 0.417. The number of benzene rings is 1. The van der Waals surface area contributed by atoms with Gasteiger partial charge in [-0.15, -0.1) is 11.8 Å². The molecule has 1 amide bonds. The van der Waals surface area contributed by atoms with Crippen molar-refractivity contribution in [3.63, 3.8) is 0 Å². The van der Waals surface area contributed by atoms with Crippen molar-refractivity contribution in [3.8, 4) is 0 Å². The van der Waals surface area contributed by atoms with Crippen LogP contribution in [-0.4, -0.2) is 24.2 Å². The second kappa shape index (κ2) is 7.58. The SMILES string of the molecule is CCCNC(CSc1ccccc1Cl)C(N)=O. The Kier molecular flexibility index (Phi) is 6.40. The smallest absolute Gasteiger partial charge is 0.235 e. The molecule has 3 nitrogen and oxygen atoms in total. The van der Waals surface area contributed by atoms with Gasteiger partial charge in [-0.1, -0.05) is 30.7 Å². The van der Waals surface area contributed by atoms with Crippen LogP contribution in [0.3, 0.4) is 0 Å². The van der Waals surface area contributed by atoms with Crippen LogP contribution in [0.2, 0.25) is 5.02 Å². The average molecular weight is 273 g/mol. The molecule has 0 heterocycles. The predicted molar refractivity (Wildman–Crippen MR) is 73.5 cm³/mol. The summed E-state index contributed by atoms with van der Waals surface area (Å²) in [5.41, 5.74) is 5.33. The minimum Gasteiger partial charge on any atom is -0.368 e. The second-order valence-electron chi connectivity index (χ2n) is 3.65. The van der Waals surface area contributed by atoms with E-state index in [0.29, 0.717) is 10.8 Å². The van der Waals surface area contributed by atoms with E-state index in [2.05, 4.69) is 5.32 Å². The Balaban J connectivity index is 2.52. The van der Waals surface area contributed by atoms with Crippen molar-refractivity contribution in [1.29, 1.82) is 0 Å². The van der Waals surface area contributed by atoms with Crippen molar-refractivity contribution >= 4 is 29.3 Å². The lowest BCUT2D eigenvalue weighted by Crippen LogP contribution is -2.43. The number of primary amides is 1. The van der Waals surface area contributed by atoms with Gasteiger partial charge in [-0.25, -0.2) is 0 Å². The van der Waals surface area contributed by atoms with Gasteiger partial charge in [0.2, 0.25) is 5.91 Å². The van der Waals surface area contributed by atoms with Gasteiger partial charge in [0.25, 0.3) is 0 Å². The van der Waals surface area contributed by atoms with E-state index in [9.17, 15) is 4.79 Å². The van der Waals surface area contributed by atoms with E-state index in [1.807, 2.05) is 31.2 Å². The number of hydrogen-bond acceptors (Lipinski definition) is 3. The highest BCUT2D eigenvalue weighted by Crippen LogP contribution is 2.26. The molecule has 0 bridgehead atoms. The Labute approximate surface area is 111 Å². The summed E-state index contributed by atoms with van der Waals surface area (Å²) in [5.74, 6) is 0.275. The quantitative estimate of drug-likeness (QED) is 0.749. The van der Waals surface area contributed by atoms with Crippen molar-refractivity contribution in [2.75, 3.05) is 12.3 Å². The molecule has 3 N–H and O–H groups in total. The first-order valence-corrected chi connectivity index (χ1v) is 6.91. The van der Waals surface area contributed by atoms with Crippen LogP contribution in [-0.2, 0) is 4.79 Å². The fourth-order valence-electron chi connectivity index (χ4n) is 1.30. The summed E-state index contributed by atoms with van der Waals surface area (Å²) in [5, 5.41) is 3.82. The van der Waals surface area contributed by atoms with Gasteiger partial charge in [0.1, 0.15) is 0 Å². The molecule has 1 aromatic carbocycles. The van der Waals surface area contributed by atoms with Crippen LogP contribution in [0.1, 0.15) is 13.3 Å². The van der Waals surface area contributed by atoms with E-state index in [-0.39, 0.29) is 11.9 Å². The largest absolute Gasteiger partial charge is 0.368 e. The molecule has 1 aromatic rings. The van der Waals surface area contributed by atoms with Crippen molar-refractivity contribution in [1.82, 2.24) is 5.32 Å². The van der Waals surface area contributed by atoms with Crippen molar-refractivity contribution in [2.24, 2.45) is 5.73 Å². The Hall–Kier alpha value is -0.710. The number of carbonyl (C=O) groups is 1. The maximum Gasteiger partial charge on any atom is 0.235 e. The molecule has 5 heteroatoms. The third-order valence-corrected chi connectivity index (χ3v) is 3.83. The first-order chi connectivity index (χ1) is 8.15. The van der Waals surface area contributed by atoms with E-state index in [0.717, 1.165) is 17.9 Å². The van der Waals surface area contributed by atoms with Crippen molar-refractivity contribution in [2.45, 2.75) is 24.3 Å². The normalized spacial score (nSPS) is 12.4. The molecule has 0 fully saturated rings. The molecule has 1 unspecified atom stereocenters. The summed E-state index contributed by atoms with van der Waals surface area (Å²) in [7, 11) is 0. The Morgan fingerprint density at radius 1 is 1.53 bits per heavy atom. The number of nitrogens with two attached hydrogens (primary N) is 1. The minimum atomic E-state index is -0.321. The van der Waals surface area contributed by atoms with Crippen LogP contribution in [0.5, 0.6) is 0 Å². The average Bonchev–Trinajstić information content (AvgIpc) is 2.31. The Bertz CT molecular complexity index is 373. The zero-order valence-electron chi connectivity index (χ0n) is 9.78. The van der Waals surface area contributed by atoms with Gasteiger partial charge in [0.15, 0.2) is 0 Å². The molecule has 0 aliphatic rings. The van der Waals surface area contributed by atoms with Gasteiger partial charge in [-0.3, -0.25) is 4.79 Å². The number of carbonyl (C=O) groups excluding carboxylic acids is 1. The Morgan fingerprint density at radius 2 is 2.24 bits per heavy atom. The molecule has 17 heavy (non-hydrogen) atoms. The zero-order chi connectivity index (χ0) is 12.7. The monoisotopic (exact) mass is 272 g/mol. The second-order valence-corrected chi connectivity index (χ2v) is 5.12. The predicted octanol–water partition coefficient (Wildman–Crippen LogP) is 2.29. The lowest BCUT2D eigenvalue weighted by Gasteiger charge is -2.14. The Morgan fingerprint density at radius 3 is 2.82 bits per heavy atom. The molecule has 0 saturated heterocycles. The lowest BCUT2D eigenvalue weighted by molar-refractivity contribution is -0.119. The van der Waals surface area contributed by atoms with Gasteiger partial charge in [0, 0.05) is 10.6 Å². The van der Waals surface area contributed by atoms with Crippen LogP contribution < -0.4 is 11.1 Å². The molecule has 0 aromatic heterocycles. The standard InChI is InChI=1S/C12H17ClN2OS/c1-2-7-15-10(12(14)16)8-17-11-6-4-3-5-9(11)13/h3-6,10,15H,2,7-8H2,1H3,(H2,14,16). The zero-order valence-corrected chi connectivity index (χ0v) is 11.4. The molecule has 94 valence electrons. The third kappa shape index (κ3) is 4.98. The molecule has 1 rings (SSSR count). The number of halogens is 1. The van der Waals surface area contributed by atoms with E-state index in [4.69, 9.17) is 17.3 Å². The van der Waals surface area contributed by atoms with Crippen LogP contribution in [0.15, 0.2) is 29.2 Å². The topological polar surface area (TPSA) is 55.1 Å². The molecular weight excluding hydrogens is 256 g/mol. The summed E-state index contributed by atoms with van der Waals surface area (Å²) in [6.07, 6.45) is 0.973. The van der Waals surface area contributed by atoms with Gasteiger partial charge >= 0.3 is 0 Å². The van der Waals surface area contributed by atoms with Crippen LogP contribution in [0, 0.1) is 0 Å². The highest BCUT2D eigenvalue weighted by molar-refractivity contribution is 7.99. The minimum absolute atomic E-state index is 0.309. The summed E-state index contributed by atoms with van der Waals surface area (Å²) in [6, 6.07) is 7.27. The summed E-state index contributed by atoms with van der Waals surface area (Å²) in [6.45, 7) is 2.84. The highest BCUT2D eigenvalue weighted by atomic mass is 35.5. The third-order valence-electron chi connectivity index (χ3n) is 2.23. The van der Waals surface area contributed by atoms with Crippen LogP contribution in [0.25, 0.3) is 0 Å². The first kappa shape index (κ1) is 14.4. The number of thioether (sulfide) groups is 1. The van der Waals surface area contributed by atoms with E-state index in [1.165, 1.54) is 11.8 Å². The van der Waals surface area contributed by atoms with E-state index in [1.54, 1.807) is 0 Å². The van der Waals surface area contributed by atoms with Gasteiger partial charge in [-0.05, 0) is 25.1 Å². The molecule has 0 saturated carbocycles. The fourth-order valence-corrected chi connectivity index (χ4v) is 2.60. The lowest BCUT2D eigenvalue weighted by atomic mass is 10.3. The summed E-state index contributed by atoms with van der Waals surface area (Å²) >= 11 is 7.57. The molecule has 0 radical (unpaired) electrons. The molecule has 0 aliphatic heterocycles. The summed E-state index contributed by atoms with van der Waals surface area (Å²) < 4.78 is 0. The molecular formula is C12H17ClN2OS. The van der Waals surface area contributed by atoms with Gasteiger partial charge in [0.05, 0.1) is 11.1 Å². The van der Waals surface area contributed by atoms with E-state index < -0.39 is 0 Å². The number of amides is 1. The van der Waals surface area contributed by atoms with Gasteiger partial charge in [-0.2, -0.15) is 0 Å². The summed E-state index contributed by atoms with van der Waals surface area (Å²) in [4.78, 5) is 12.2. The number of hydrogen-bond donors (Lipinski definition) is 2. The highest BCUT2D eigenvalue weighted by Gasteiger charge is 2.14. The van der Waals surface area contributed by atoms with Gasteiger partial charge < -0.3 is 11.1 Å². The first-order valence-electron chi connectivity index (χ1n) is 5.55. The molecule has 0 aliphatic carbocycles. The maximum atomic E-state index is 11.2. The van der Waals surface area contributed by atoms with Crippen LogP contribution >= 0.6 is 23.4 Å². The molecule has 1 atom stereocenters. The van der Waals surface area contributed by atoms with Crippen molar-refractivity contribution in [3.05, 3.63) is 29.3 Å². The van der Waals surface area contributed by atoms with Crippen LogP contribution in [0.4, 0.5) is 0 Å². The van der Waals surface area contributed by atoms with E-state index >= 15 is 0 Å². The number of nitrogens with one attached hydrogen (secondary N) is 1. The van der Waals surface area contributed by atoms with Crippen molar-refractivity contribution < 1.29 is 4.79 Å². The number of rotatable bonds is 7.